The highest BCUT2D eigenvalue weighted by Crippen LogP contribution is 2.23. The molecule has 0 bridgehead atoms. The Balaban J connectivity index is 1.91. The van der Waals surface area contributed by atoms with Gasteiger partial charge < -0.3 is 15.7 Å². The molecule has 0 amide bonds. The highest BCUT2D eigenvalue weighted by Gasteiger charge is 2.06. The molecule has 0 atom stereocenters. The van der Waals surface area contributed by atoms with E-state index >= 15 is 0 Å². The van der Waals surface area contributed by atoms with Gasteiger partial charge in [0.1, 0.15) is 11.4 Å². The van der Waals surface area contributed by atoms with Crippen LogP contribution in [0.4, 0.5) is 0 Å². The first-order chi connectivity index (χ1) is 10.3. The largest absolute Gasteiger partial charge is 0.424 e. The maximum atomic E-state index is 8.65. The number of aromatic nitrogens is 2. The molecule has 0 saturated carbocycles. The van der Waals surface area contributed by atoms with Crippen LogP contribution in [0.1, 0.15) is 5.69 Å². The van der Waals surface area contributed by atoms with Crippen LogP contribution in [0.25, 0.3) is 10.8 Å². The second kappa shape index (κ2) is 5.46. The van der Waals surface area contributed by atoms with Crippen LogP contribution >= 0.6 is 0 Å². The lowest BCUT2D eigenvalue weighted by Gasteiger charge is -2.06. The van der Waals surface area contributed by atoms with E-state index in [-0.39, 0.29) is 11.8 Å². The highest BCUT2D eigenvalue weighted by atomic mass is 16.5. The molecule has 1 aromatic heterocycles. The van der Waals surface area contributed by atoms with Gasteiger partial charge in [-0.2, -0.15) is 4.98 Å². The van der Waals surface area contributed by atoms with Gasteiger partial charge in [0.25, 0.3) is 0 Å². The van der Waals surface area contributed by atoms with E-state index in [1.807, 2.05) is 42.5 Å². The van der Waals surface area contributed by atoms with Gasteiger partial charge in [-0.3, -0.25) is 0 Å². The van der Waals surface area contributed by atoms with Crippen LogP contribution in [0.5, 0.6) is 11.8 Å². The minimum absolute atomic E-state index is 0.0965. The molecule has 0 aliphatic carbocycles. The van der Waals surface area contributed by atoms with Gasteiger partial charge >= 0.3 is 6.01 Å². The van der Waals surface area contributed by atoms with Gasteiger partial charge in [-0.15, -0.1) is 0 Å². The Labute approximate surface area is 120 Å². The summed E-state index contributed by atoms with van der Waals surface area (Å²) in [5, 5.41) is 13.7. The molecule has 0 fully saturated rings. The molecule has 3 aromatic rings. The fourth-order valence-corrected chi connectivity index (χ4v) is 1.92. The van der Waals surface area contributed by atoms with Gasteiger partial charge in [0.05, 0.1) is 0 Å². The summed E-state index contributed by atoms with van der Waals surface area (Å²) in [5.74, 6) is 0.520. The number of fused-ring (bicyclic) bond motifs is 1. The van der Waals surface area contributed by atoms with Crippen molar-refractivity contribution in [3.8, 4) is 11.8 Å². The molecule has 0 aliphatic rings. The Morgan fingerprint density at radius 3 is 2.71 bits per heavy atom. The Morgan fingerprint density at radius 2 is 1.90 bits per heavy atom. The number of nitrogens with zero attached hydrogens (tertiary/aromatic N) is 3. The number of nitrogens with two attached hydrogens (primary N) is 1. The normalized spacial score (nSPS) is 11.5. The number of rotatable bonds is 3. The van der Waals surface area contributed by atoms with Crippen molar-refractivity contribution in [2.75, 3.05) is 0 Å². The third-order valence-corrected chi connectivity index (χ3v) is 2.93. The topological polar surface area (TPSA) is 93.6 Å². The van der Waals surface area contributed by atoms with Crippen LogP contribution < -0.4 is 10.5 Å². The number of amidine groups is 1. The van der Waals surface area contributed by atoms with Crippen LogP contribution in [-0.4, -0.2) is 21.0 Å². The monoisotopic (exact) mass is 280 g/mol. The number of oxime groups is 1. The van der Waals surface area contributed by atoms with Crippen molar-refractivity contribution in [3.05, 3.63) is 60.4 Å². The summed E-state index contributed by atoms with van der Waals surface area (Å²) in [7, 11) is 0. The standard InChI is InChI=1S/C15H12N4O2/c16-14(19-20)13-7-8-17-15(18-13)21-12-6-5-10-3-1-2-4-11(10)9-12/h1-9,20H,(H2,16,19). The van der Waals surface area contributed by atoms with Gasteiger partial charge in [-0.1, -0.05) is 35.5 Å². The minimum atomic E-state index is -0.0965. The van der Waals surface area contributed by atoms with E-state index in [1.54, 1.807) is 0 Å². The molecular weight excluding hydrogens is 268 g/mol. The summed E-state index contributed by atoms with van der Waals surface area (Å²) in [6.07, 6.45) is 1.48. The SMILES string of the molecule is N/C(=N/O)c1ccnc(Oc2ccc3ccccc3c2)n1. The molecular formula is C15H12N4O2. The predicted molar refractivity (Wildman–Crippen MR) is 78.6 cm³/mol. The van der Waals surface area contributed by atoms with Crippen molar-refractivity contribution < 1.29 is 9.94 Å². The molecule has 0 radical (unpaired) electrons. The third kappa shape index (κ3) is 2.74. The van der Waals surface area contributed by atoms with Crippen LogP contribution in [0.3, 0.4) is 0 Å². The Hall–Kier alpha value is -3.15. The molecule has 0 saturated heterocycles. The fraction of sp³-hybridized carbons (Fsp3) is 0. The molecule has 1 heterocycles. The second-order valence-electron chi connectivity index (χ2n) is 4.32. The minimum Gasteiger partial charge on any atom is -0.424 e. The molecule has 0 spiro atoms. The Bertz CT molecular complexity index is 817. The molecule has 6 heteroatoms. The predicted octanol–water partition coefficient (Wildman–Crippen LogP) is 2.52. The van der Waals surface area contributed by atoms with E-state index in [0.717, 1.165) is 10.8 Å². The van der Waals surface area contributed by atoms with Gasteiger partial charge in [-0.05, 0) is 29.0 Å². The summed E-state index contributed by atoms with van der Waals surface area (Å²) in [6, 6.07) is 15.3. The first-order valence-electron chi connectivity index (χ1n) is 6.24. The maximum absolute atomic E-state index is 8.65. The first kappa shape index (κ1) is 12.9. The van der Waals surface area contributed by atoms with Crippen molar-refractivity contribution in [2.45, 2.75) is 0 Å². The van der Waals surface area contributed by atoms with Crippen LogP contribution in [-0.2, 0) is 0 Å². The van der Waals surface area contributed by atoms with E-state index in [1.165, 1.54) is 12.3 Å². The molecule has 21 heavy (non-hydrogen) atoms. The van der Waals surface area contributed by atoms with E-state index in [4.69, 9.17) is 15.7 Å². The van der Waals surface area contributed by atoms with Crippen molar-refractivity contribution in [1.29, 1.82) is 0 Å². The second-order valence-corrected chi connectivity index (χ2v) is 4.32. The Morgan fingerprint density at radius 1 is 1.10 bits per heavy atom. The summed E-state index contributed by atoms with van der Waals surface area (Å²) in [5.41, 5.74) is 5.78. The molecule has 3 N–H and O–H groups in total. The van der Waals surface area contributed by atoms with Gasteiger partial charge in [-0.25, -0.2) is 4.98 Å². The van der Waals surface area contributed by atoms with Gasteiger partial charge in [0.15, 0.2) is 5.84 Å². The molecule has 104 valence electrons. The van der Waals surface area contributed by atoms with E-state index in [2.05, 4.69) is 15.1 Å². The van der Waals surface area contributed by atoms with Gasteiger partial charge in [0.2, 0.25) is 0 Å². The number of benzene rings is 2. The smallest absolute Gasteiger partial charge is 0.322 e. The van der Waals surface area contributed by atoms with E-state index in [9.17, 15) is 0 Å². The summed E-state index contributed by atoms with van der Waals surface area (Å²) < 4.78 is 5.61. The van der Waals surface area contributed by atoms with Crippen LogP contribution in [0, 0.1) is 0 Å². The van der Waals surface area contributed by atoms with E-state index in [0.29, 0.717) is 11.4 Å². The third-order valence-electron chi connectivity index (χ3n) is 2.93. The van der Waals surface area contributed by atoms with Crippen molar-refractivity contribution in [3.63, 3.8) is 0 Å². The van der Waals surface area contributed by atoms with Crippen molar-refractivity contribution >= 4 is 16.6 Å². The fourth-order valence-electron chi connectivity index (χ4n) is 1.92. The summed E-state index contributed by atoms with van der Waals surface area (Å²) in [4.78, 5) is 8.08. The lowest BCUT2D eigenvalue weighted by atomic mass is 10.1. The van der Waals surface area contributed by atoms with Crippen LogP contribution in [0.15, 0.2) is 59.9 Å². The summed E-state index contributed by atoms with van der Waals surface area (Å²) in [6.45, 7) is 0. The quantitative estimate of drug-likeness (QED) is 0.333. The molecule has 0 unspecified atom stereocenters. The summed E-state index contributed by atoms with van der Waals surface area (Å²) >= 11 is 0. The lowest BCUT2D eigenvalue weighted by Crippen LogP contribution is -2.15. The molecule has 0 aliphatic heterocycles. The number of hydrogen-bond donors (Lipinski definition) is 2. The molecule has 2 aromatic carbocycles. The Kier molecular flexibility index (Phi) is 3.34. The molecule has 6 nitrogen and oxygen atoms in total. The number of ether oxygens (including phenoxy) is 1. The van der Waals surface area contributed by atoms with Gasteiger partial charge in [0, 0.05) is 6.20 Å². The molecule has 3 rings (SSSR count). The van der Waals surface area contributed by atoms with Crippen molar-refractivity contribution in [1.82, 2.24) is 9.97 Å². The number of hydrogen-bond acceptors (Lipinski definition) is 5. The average Bonchev–Trinajstić information content (AvgIpc) is 2.54. The van der Waals surface area contributed by atoms with Crippen LogP contribution in [0.2, 0.25) is 0 Å². The van der Waals surface area contributed by atoms with E-state index < -0.39 is 0 Å². The van der Waals surface area contributed by atoms with Crippen molar-refractivity contribution in [2.24, 2.45) is 10.9 Å². The lowest BCUT2D eigenvalue weighted by molar-refractivity contribution is 0.318. The highest BCUT2D eigenvalue weighted by molar-refractivity contribution is 5.95. The zero-order chi connectivity index (χ0) is 14.7. The maximum Gasteiger partial charge on any atom is 0.322 e. The zero-order valence-corrected chi connectivity index (χ0v) is 11.0. The first-order valence-corrected chi connectivity index (χ1v) is 6.24. The average molecular weight is 280 g/mol. The zero-order valence-electron chi connectivity index (χ0n) is 11.0.